The van der Waals surface area contributed by atoms with Gasteiger partial charge in [0.1, 0.15) is 0 Å². The minimum Gasteiger partial charge on any atom is -0.324 e. The first-order valence-electron chi connectivity index (χ1n) is 5.67. The molecule has 2 N–H and O–H groups in total. The number of benzene rings is 1. The largest absolute Gasteiger partial charge is 0.324 e. The first kappa shape index (κ1) is 13.6. The third-order valence-corrected chi connectivity index (χ3v) is 3.84. The number of hydrogen-bond donors (Lipinski definition) is 1. The van der Waals surface area contributed by atoms with Gasteiger partial charge in [-0.2, -0.15) is 5.10 Å². The van der Waals surface area contributed by atoms with E-state index in [0.717, 1.165) is 27.8 Å². The fourth-order valence-corrected chi connectivity index (χ4v) is 2.71. The molecule has 0 saturated carbocycles. The van der Waals surface area contributed by atoms with Crippen molar-refractivity contribution in [3.8, 4) is 0 Å². The zero-order valence-corrected chi connectivity index (χ0v) is 12.7. The minimum atomic E-state index is -0.104. The lowest BCUT2D eigenvalue weighted by molar-refractivity contribution is 0.638. The fourth-order valence-electron chi connectivity index (χ4n) is 1.99. The van der Waals surface area contributed by atoms with Gasteiger partial charge >= 0.3 is 0 Å². The Labute approximate surface area is 120 Å². The Kier molecular flexibility index (Phi) is 4.10. The van der Waals surface area contributed by atoms with Gasteiger partial charge in [-0.1, -0.05) is 27.5 Å². The van der Waals surface area contributed by atoms with E-state index in [-0.39, 0.29) is 6.04 Å². The van der Waals surface area contributed by atoms with Crippen LogP contribution in [-0.2, 0) is 13.5 Å². The molecule has 18 heavy (non-hydrogen) atoms. The second-order valence-electron chi connectivity index (χ2n) is 4.38. The van der Waals surface area contributed by atoms with Crippen LogP contribution in [0.2, 0.25) is 5.02 Å². The molecule has 0 aliphatic carbocycles. The molecule has 3 nitrogen and oxygen atoms in total. The summed E-state index contributed by atoms with van der Waals surface area (Å²) in [5.41, 5.74) is 9.38. The van der Waals surface area contributed by atoms with Crippen molar-refractivity contribution in [1.29, 1.82) is 0 Å². The highest BCUT2D eigenvalue weighted by molar-refractivity contribution is 9.10. The summed E-state index contributed by atoms with van der Waals surface area (Å²) in [4.78, 5) is 0. The van der Waals surface area contributed by atoms with Gasteiger partial charge in [0, 0.05) is 34.7 Å². The lowest BCUT2D eigenvalue weighted by Crippen LogP contribution is -2.16. The fraction of sp³-hybridized carbons (Fsp3) is 0.308. The van der Waals surface area contributed by atoms with Crippen molar-refractivity contribution < 1.29 is 0 Å². The average Bonchev–Trinajstić information content (AvgIpc) is 2.61. The quantitative estimate of drug-likeness (QED) is 0.938. The molecule has 0 radical (unpaired) electrons. The molecule has 0 aliphatic rings. The number of nitrogens with two attached hydrogens (primary N) is 1. The molecule has 5 heteroatoms. The highest BCUT2D eigenvalue weighted by Gasteiger charge is 2.13. The molecule has 0 spiro atoms. The third-order valence-electron chi connectivity index (χ3n) is 2.89. The average molecular weight is 329 g/mol. The summed E-state index contributed by atoms with van der Waals surface area (Å²) >= 11 is 9.51. The van der Waals surface area contributed by atoms with E-state index in [1.165, 1.54) is 0 Å². The van der Waals surface area contributed by atoms with Crippen molar-refractivity contribution in [2.45, 2.75) is 19.4 Å². The van der Waals surface area contributed by atoms with Crippen molar-refractivity contribution in [3.05, 3.63) is 50.7 Å². The van der Waals surface area contributed by atoms with E-state index >= 15 is 0 Å². The van der Waals surface area contributed by atoms with Crippen molar-refractivity contribution in [3.63, 3.8) is 0 Å². The van der Waals surface area contributed by atoms with E-state index in [4.69, 9.17) is 17.3 Å². The molecule has 0 saturated heterocycles. The smallest absolute Gasteiger partial charge is 0.0596 e. The van der Waals surface area contributed by atoms with Gasteiger partial charge in [-0.3, -0.25) is 4.68 Å². The molecule has 1 aromatic heterocycles. The molecule has 0 fully saturated rings. The first-order valence-corrected chi connectivity index (χ1v) is 6.84. The van der Waals surface area contributed by atoms with Crippen LogP contribution < -0.4 is 5.73 Å². The van der Waals surface area contributed by atoms with Crippen LogP contribution in [0.25, 0.3) is 0 Å². The highest BCUT2D eigenvalue weighted by Crippen LogP contribution is 2.27. The summed E-state index contributed by atoms with van der Waals surface area (Å²) < 4.78 is 2.85. The summed E-state index contributed by atoms with van der Waals surface area (Å²) in [7, 11) is 1.93. The maximum atomic E-state index is 6.25. The number of rotatable bonds is 3. The molecule has 1 atom stereocenters. The Bertz CT molecular complexity index is 565. The second kappa shape index (κ2) is 5.43. The maximum Gasteiger partial charge on any atom is 0.0596 e. The molecule has 2 aromatic rings. The summed E-state index contributed by atoms with van der Waals surface area (Å²) in [5.74, 6) is 0. The van der Waals surface area contributed by atoms with Crippen molar-refractivity contribution in [2.24, 2.45) is 12.8 Å². The van der Waals surface area contributed by atoms with Crippen LogP contribution >= 0.6 is 27.5 Å². The van der Waals surface area contributed by atoms with Gasteiger partial charge in [0.15, 0.2) is 0 Å². The Morgan fingerprint density at radius 3 is 2.78 bits per heavy atom. The van der Waals surface area contributed by atoms with Gasteiger partial charge in [0.05, 0.1) is 5.69 Å². The topological polar surface area (TPSA) is 43.8 Å². The van der Waals surface area contributed by atoms with Gasteiger partial charge in [0.25, 0.3) is 0 Å². The van der Waals surface area contributed by atoms with Gasteiger partial charge in [-0.05, 0) is 36.8 Å². The Hall–Kier alpha value is -0.840. The molecule has 1 unspecified atom stereocenters. The highest BCUT2D eigenvalue weighted by atomic mass is 79.9. The Morgan fingerprint density at radius 2 is 2.17 bits per heavy atom. The number of aryl methyl sites for hydroxylation is 2. The Balaban J connectivity index is 2.24. The molecule has 0 amide bonds. The number of nitrogens with zero attached hydrogens (tertiary/aromatic N) is 2. The van der Waals surface area contributed by atoms with Crippen LogP contribution in [0.5, 0.6) is 0 Å². The third kappa shape index (κ3) is 2.94. The van der Waals surface area contributed by atoms with E-state index in [9.17, 15) is 0 Å². The number of hydrogen-bond acceptors (Lipinski definition) is 2. The zero-order valence-electron chi connectivity index (χ0n) is 10.3. The first-order chi connectivity index (χ1) is 8.47. The predicted molar refractivity (Wildman–Crippen MR) is 77.7 cm³/mol. The zero-order chi connectivity index (χ0) is 13.3. The summed E-state index contributed by atoms with van der Waals surface area (Å²) in [6, 6.07) is 7.62. The summed E-state index contributed by atoms with van der Waals surface area (Å²) in [5, 5.41) is 5.02. The molecule has 1 heterocycles. The lowest BCUT2D eigenvalue weighted by Gasteiger charge is -2.14. The summed E-state index contributed by atoms with van der Waals surface area (Å²) in [6.07, 6.45) is 0.732. The van der Waals surface area contributed by atoms with Crippen LogP contribution in [0.3, 0.4) is 0 Å². The van der Waals surface area contributed by atoms with Gasteiger partial charge in [-0.15, -0.1) is 0 Å². The number of halogens is 2. The minimum absolute atomic E-state index is 0.104. The van der Waals surface area contributed by atoms with Crippen LogP contribution in [0.1, 0.15) is 23.0 Å². The molecule has 2 rings (SSSR count). The second-order valence-corrected chi connectivity index (χ2v) is 5.67. The summed E-state index contributed by atoms with van der Waals surface area (Å²) in [6.45, 7) is 1.98. The normalized spacial score (nSPS) is 12.7. The van der Waals surface area contributed by atoms with Crippen molar-refractivity contribution in [1.82, 2.24) is 9.78 Å². The lowest BCUT2D eigenvalue weighted by atomic mass is 10.0. The monoisotopic (exact) mass is 327 g/mol. The Morgan fingerprint density at radius 1 is 1.44 bits per heavy atom. The molecular weight excluding hydrogens is 314 g/mol. The van der Waals surface area contributed by atoms with Crippen LogP contribution in [0.15, 0.2) is 28.7 Å². The van der Waals surface area contributed by atoms with Gasteiger partial charge in [0.2, 0.25) is 0 Å². The predicted octanol–water partition coefficient (Wildman–Crippen LogP) is 3.39. The van der Waals surface area contributed by atoms with E-state index < -0.39 is 0 Å². The maximum absolute atomic E-state index is 6.25. The molecule has 0 bridgehead atoms. The van der Waals surface area contributed by atoms with E-state index in [2.05, 4.69) is 27.1 Å². The van der Waals surface area contributed by atoms with Gasteiger partial charge < -0.3 is 5.73 Å². The van der Waals surface area contributed by atoms with E-state index in [1.54, 1.807) is 0 Å². The van der Waals surface area contributed by atoms with E-state index in [0.29, 0.717) is 5.02 Å². The van der Waals surface area contributed by atoms with Crippen molar-refractivity contribution in [2.75, 3.05) is 0 Å². The molecule has 1 aromatic carbocycles. The molecular formula is C13H15BrClN3. The standard InChI is InChI=1S/C13H15BrClN3/c1-8-5-10(18(2)17-8)7-13(16)11-6-9(15)3-4-12(11)14/h3-6,13H,7,16H2,1-2H3. The SMILES string of the molecule is Cc1cc(CC(N)c2cc(Cl)ccc2Br)n(C)n1. The van der Waals surface area contributed by atoms with Crippen LogP contribution in [0, 0.1) is 6.92 Å². The van der Waals surface area contributed by atoms with Crippen LogP contribution in [0.4, 0.5) is 0 Å². The van der Waals surface area contributed by atoms with E-state index in [1.807, 2.05) is 36.9 Å². The van der Waals surface area contributed by atoms with Gasteiger partial charge in [-0.25, -0.2) is 0 Å². The van der Waals surface area contributed by atoms with Crippen molar-refractivity contribution >= 4 is 27.5 Å². The number of aromatic nitrogens is 2. The molecule has 0 aliphatic heterocycles. The van der Waals surface area contributed by atoms with Crippen LogP contribution in [-0.4, -0.2) is 9.78 Å². The molecule has 96 valence electrons.